The molecule has 12 heteroatoms. The summed E-state index contributed by atoms with van der Waals surface area (Å²) in [6.07, 6.45) is 2.82. The van der Waals surface area contributed by atoms with E-state index in [9.17, 15) is 0 Å². The van der Waals surface area contributed by atoms with E-state index in [0.29, 0.717) is 0 Å². The van der Waals surface area contributed by atoms with Crippen molar-refractivity contribution in [1.82, 2.24) is 0 Å². The first kappa shape index (κ1) is 26.8. The van der Waals surface area contributed by atoms with E-state index in [-0.39, 0.29) is 19.5 Å². The topological polar surface area (TPSA) is 121 Å². The summed E-state index contributed by atoms with van der Waals surface area (Å²) in [4.78, 5) is 45.3. The smallest absolute Gasteiger partial charge is 0.319 e. The third kappa shape index (κ3) is 206. The van der Waals surface area contributed by atoms with E-state index in [0.717, 1.165) is 0 Å². The minimum atomic E-state index is -3.81. The zero-order valence-corrected chi connectivity index (χ0v) is 18.3. The first-order valence-corrected chi connectivity index (χ1v) is 11.2. The summed E-state index contributed by atoms with van der Waals surface area (Å²) < 4.78 is 0. The molecule has 93 valence electrons. The second kappa shape index (κ2) is 15.4. The molecule has 0 aromatic carbocycles. The molecule has 0 unspecified atom stereocenters. The Labute approximate surface area is 128 Å². The third-order valence-corrected chi connectivity index (χ3v) is 1.65. The maximum Gasteiger partial charge on any atom is 0.319 e. The molecular weight excluding hydrogens is 401 g/mol. The summed E-state index contributed by atoms with van der Waals surface area (Å²) >= 11 is 8.69. The van der Waals surface area contributed by atoms with Gasteiger partial charge in [0.2, 0.25) is 0 Å². The van der Waals surface area contributed by atoms with Crippen molar-refractivity contribution < 1.29 is 67.1 Å². The molecule has 0 radical (unpaired) electrons. The van der Waals surface area contributed by atoms with Gasteiger partial charge in [0.1, 0.15) is 0 Å². The summed E-state index contributed by atoms with van der Waals surface area (Å²) in [5.41, 5.74) is 0. The SMILES string of the molecule is CCC[CH2][Zn].OP(O)(O)=S.OP(O)(O)=S.[Zn]. The van der Waals surface area contributed by atoms with Gasteiger partial charge < -0.3 is 29.4 Å². The van der Waals surface area contributed by atoms with E-state index < -0.39 is 13.4 Å². The second-order valence-electron chi connectivity index (χ2n) is 2.23. The largest absolute Gasteiger partial charge is 0.325 e. The van der Waals surface area contributed by atoms with Gasteiger partial charge in [-0.2, -0.15) is 0 Å². The molecule has 6 N–H and O–H groups in total. The molecule has 6 nitrogen and oxygen atoms in total. The predicted octanol–water partition coefficient (Wildman–Crippen LogP) is 0.125. The first-order chi connectivity index (χ1) is 6.41. The molecule has 0 aliphatic rings. The molecule has 0 aromatic rings. The van der Waals surface area contributed by atoms with Crippen molar-refractivity contribution in [3.8, 4) is 0 Å². The maximum atomic E-state index is 7.56. The molecule has 16 heavy (non-hydrogen) atoms. The quantitative estimate of drug-likeness (QED) is 0.278. The molecule has 0 bridgehead atoms. The minimum Gasteiger partial charge on any atom is -0.325 e. The number of rotatable bonds is 2. The number of unbranched alkanes of at least 4 members (excludes halogenated alkanes) is 1. The Morgan fingerprint density at radius 3 is 1.12 bits per heavy atom. The Kier molecular flexibility index (Phi) is 25.7. The van der Waals surface area contributed by atoms with E-state index in [1.165, 1.54) is 36.2 Å². The average molecular weight is 416 g/mol. The van der Waals surface area contributed by atoms with E-state index in [1.807, 2.05) is 0 Å². The molecule has 0 atom stereocenters. The van der Waals surface area contributed by atoms with Crippen LogP contribution < -0.4 is 0 Å². The van der Waals surface area contributed by atoms with Crippen LogP contribution in [0.1, 0.15) is 19.8 Å². The molecule has 0 spiro atoms. The monoisotopic (exact) mass is 413 g/mol. The van der Waals surface area contributed by atoms with Crippen molar-refractivity contribution in [2.45, 2.75) is 24.8 Å². The van der Waals surface area contributed by atoms with E-state index in [1.54, 1.807) is 0 Å². The van der Waals surface area contributed by atoms with Crippen LogP contribution in [0.15, 0.2) is 0 Å². The van der Waals surface area contributed by atoms with Crippen LogP contribution >= 0.6 is 13.4 Å². The molecule has 0 rings (SSSR count). The summed E-state index contributed by atoms with van der Waals surface area (Å²) in [6, 6.07) is 0. The van der Waals surface area contributed by atoms with Crippen molar-refractivity contribution in [2.75, 3.05) is 0 Å². The molecule has 0 aliphatic heterocycles. The standard InChI is InChI=1S/C4H9.2H3O3PS.2Zn/c1-3-4-2;2*1-4(2,3)5;;/h1,3-4H2,2H3;2*(H3,1,2,3,5);;. The van der Waals surface area contributed by atoms with Gasteiger partial charge in [0.25, 0.3) is 0 Å². The summed E-state index contributed by atoms with van der Waals surface area (Å²) in [5.74, 6) is 0. The van der Waals surface area contributed by atoms with Gasteiger partial charge in [-0.3, -0.25) is 0 Å². The van der Waals surface area contributed by atoms with E-state index >= 15 is 0 Å². The van der Waals surface area contributed by atoms with E-state index in [2.05, 4.69) is 30.5 Å². The molecule has 0 heterocycles. The van der Waals surface area contributed by atoms with Crippen LogP contribution in [0.3, 0.4) is 0 Å². The van der Waals surface area contributed by atoms with Crippen molar-refractivity contribution in [3.63, 3.8) is 0 Å². The molecule has 0 aromatic heterocycles. The van der Waals surface area contributed by atoms with Gasteiger partial charge in [0.15, 0.2) is 0 Å². The fraction of sp³-hybridized carbons (Fsp3) is 1.00. The van der Waals surface area contributed by atoms with Crippen molar-refractivity contribution in [1.29, 1.82) is 0 Å². The fourth-order valence-corrected chi connectivity index (χ4v) is 1.30. The predicted molar refractivity (Wildman–Crippen MR) is 61.6 cm³/mol. The Hall–Kier alpha value is 2.31. The van der Waals surface area contributed by atoms with E-state index in [4.69, 9.17) is 29.4 Å². The van der Waals surface area contributed by atoms with Crippen LogP contribution in [0.2, 0.25) is 5.02 Å². The zero-order chi connectivity index (χ0) is 13.1. The summed E-state index contributed by atoms with van der Waals surface area (Å²) in [5, 5.41) is 1.47. The maximum absolute atomic E-state index is 7.56. The number of hydrogen-bond acceptors (Lipinski definition) is 2. The van der Waals surface area contributed by atoms with Crippen LogP contribution in [0.5, 0.6) is 0 Å². The molecule has 0 saturated carbocycles. The Bertz CT molecular complexity index is 180. The summed E-state index contributed by atoms with van der Waals surface area (Å²) in [6.45, 7) is -5.38. The normalized spacial score (nSPS) is 10.1. The van der Waals surface area contributed by atoms with Gasteiger partial charge in [-0.25, -0.2) is 0 Å². The molecule has 0 fully saturated rings. The van der Waals surface area contributed by atoms with Crippen molar-refractivity contribution in [2.24, 2.45) is 0 Å². The third-order valence-electron chi connectivity index (χ3n) is 0.604. The van der Waals surface area contributed by atoms with Crippen molar-refractivity contribution in [3.05, 3.63) is 0 Å². The Balaban J connectivity index is -0.0000000655. The van der Waals surface area contributed by atoms with Gasteiger partial charge in [-0.05, 0) is 23.6 Å². The van der Waals surface area contributed by atoms with Crippen LogP contribution in [-0.4, -0.2) is 29.4 Å². The van der Waals surface area contributed by atoms with Gasteiger partial charge >= 0.3 is 56.5 Å². The Morgan fingerprint density at radius 2 is 1.12 bits per heavy atom. The van der Waals surface area contributed by atoms with Crippen LogP contribution in [0.25, 0.3) is 0 Å². The second-order valence-corrected chi connectivity index (χ2v) is 8.71. The first-order valence-electron chi connectivity index (χ1n) is 3.77. The molecule has 0 aliphatic carbocycles. The van der Waals surface area contributed by atoms with Crippen LogP contribution in [0, 0.1) is 0 Å². The Morgan fingerprint density at radius 1 is 0.938 bits per heavy atom. The van der Waals surface area contributed by atoms with Crippen LogP contribution in [-0.2, 0) is 61.4 Å². The molecular formula is C4H15O6P2S2Zn2. The van der Waals surface area contributed by atoms with Gasteiger partial charge in [0, 0.05) is 19.5 Å². The fourth-order valence-electron chi connectivity index (χ4n) is 0.250. The van der Waals surface area contributed by atoms with Crippen LogP contribution in [0.4, 0.5) is 0 Å². The van der Waals surface area contributed by atoms with Gasteiger partial charge in [-0.1, -0.05) is 0 Å². The summed E-state index contributed by atoms with van der Waals surface area (Å²) in [7, 11) is 0. The number of hydrogen-bond donors (Lipinski definition) is 6. The average Bonchev–Trinajstić information content (AvgIpc) is 1.80. The van der Waals surface area contributed by atoms with Crippen molar-refractivity contribution >= 4 is 37.1 Å². The van der Waals surface area contributed by atoms with Gasteiger partial charge in [-0.15, -0.1) is 0 Å². The zero-order valence-electron chi connectivity index (χ0n) is 8.93. The molecule has 0 saturated heterocycles. The van der Waals surface area contributed by atoms with Gasteiger partial charge in [0.05, 0.1) is 0 Å². The molecule has 0 amide bonds. The minimum absolute atomic E-state index is 0.